The summed E-state index contributed by atoms with van der Waals surface area (Å²) in [6, 6.07) is 16.2. The maximum absolute atomic E-state index is 12.6. The summed E-state index contributed by atoms with van der Waals surface area (Å²) in [4.78, 5) is 24.8. The van der Waals surface area contributed by atoms with Crippen molar-refractivity contribution in [3.05, 3.63) is 76.1 Å². The standard InChI is InChI=1S/C18H14N2O3/c1-18(11-7-3-2-4-8-11)14-15(19-17(22)20-18)12-9-5-6-10-13(12)23-16(14)21/h2-10H,1H3,(H2,19,20,22). The second-order valence-electron chi connectivity index (χ2n) is 5.71. The van der Waals surface area contributed by atoms with Crippen LogP contribution in [0.25, 0.3) is 11.0 Å². The van der Waals surface area contributed by atoms with E-state index >= 15 is 0 Å². The summed E-state index contributed by atoms with van der Waals surface area (Å²) in [7, 11) is 0. The number of anilines is 1. The first-order valence-corrected chi connectivity index (χ1v) is 7.30. The van der Waals surface area contributed by atoms with Gasteiger partial charge in [0.25, 0.3) is 0 Å². The van der Waals surface area contributed by atoms with Crippen molar-refractivity contribution in [1.29, 1.82) is 0 Å². The van der Waals surface area contributed by atoms with Gasteiger partial charge in [-0.1, -0.05) is 42.5 Å². The smallest absolute Gasteiger partial charge is 0.344 e. The highest BCUT2D eigenvalue weighted by atomic mass is 16.4. The maximum atomic E-state index is 12.6. The molecule has 2 amide bonds. The first-order valence-electron chi connectivity index (χ1n) is 7.30. The first kappa shape index (κ1) is 13.6. The van der Waals surface area contributed by atoms with E-state index in [1.165, 1.54) is 0 Å². The normalized spacial score (nSPS) is 19.8. The number of rotatable bonds is 1. The number of hydrogen-bond donors (Lipinski definition) is 2. The van der Waals surface area contributed by atoms with Crippen molar-refractivity contribution >= 4 is 22.7 Å². The predicted octanol–water partition coefficient (Wildman–Crippen LogP) is 3.19. The molecule has 0 spiro atoms. The van der Waals surface area contributed by atoms with Crippen molar-refractivity contribution < 1.29 is 9.21 Å². The average molecular weight is 306 g/mol. The maximum Gasteiger partial charge on any atom is 0.344 e. The highest BCUT2D eigenvalue weighted by Gasteiger charge is 2.41. The topological polar surface area (TPSA) is 71.3 Å². The second kappa shape index (κ2) is 4.71. The number of carbonyl (C=O) groups is 1. The average Bonchev–Trinajstić information content (AvgIpc) is 2.55. The van der Waals surface area contributed by atoms with Crippen LogP contribution in [0.15, 0.2) is 63.8 Å². The molecule has 0 radical (unpaired) electrons. The molecule has 1 aromatic heterocycles. The summed E-state index contributed by atoms with van der Waals surface area (Å²) >= 11 is 0. The lowest BCUT2D eigenvalue weighted by molar-refractivity contribution is 0.241. The van der Waals surface area contributed by atoms with E-state index in [-0.39, 0.29) is 6.03 Å². The molecule has 1 atom stereocenters. The van der Waals surface area contributed by atoms with Gasteiger partial charge in [-0.15, -0.1) is 0 Å². The number of para-hydroxylation sites is 1. The summed E-state index contributed by atoms with van der Waals surface area (Å²) in [5.41, 5.74) is 0.767. The Morgan fingerprint density at radius 3 is 2.43 bits per heavy atom. The van der Waals surface area contributed by atoms with Gasteiger partial charge in [0.1, 0.15) is 5.58 Å². The zero-order valence-electron chi connectivity index (χ0n) is 12.4. The molecule has 0 saturated carbocycles. The van der Waals surface area contributed by atoms with E-state index in [1.807, 2.05) is 49.4 Å². The molecule has 0 bridgehead atoms. The molecule has 5 nitrogen and oxygen atoms in total. The Hall–Kier alpha value is -3.08. The molecule has 1 unspecified atom stereocenters. The Labute approximate surface area is 131 Å². The Morgan fingerprint density at radius 1 is 0.957 bits per heavy atom. The third-order valence-electron chi connectivity index (χ3n) is 4.27. The van der Waals surface area contributed by atoms with Crippen LogP contribution in [-0.4, -0.2) is 6.03 Å². The zero-order valence-corrected chi connectivity index (χ0v) is 12.4. The molecule has 2 aromatic carbocycles. The van der Waals surface area contributed by atoms with Gasteiger partial charge in [-0.05, 0) is 24.6 Å². The van der Waals surface area contributed by atoms with E-state index in [1.54, 1.807) is 12.1 Å². The Balaban J connectivity index is 2.11. The van der Waals surface area contributed by atoms with E-state index in [9.17, 15) is 9.59 Å². The molecule has 3 aromatic rings. The number of urea groups is 1. The number of hydrogen-bond acceptors (Lipinski definition) is 3. The van der Waals surface area contributed by atoms with Gasteiger partial charge in [0.05, 0.1) is 16.8 Å². The molecule has 23 heavy (non-hydrogen) atoms. The van der Waals surface area contributed by atoms with Crippen molar-refractivity contribution in [2.45, 2.75) is 12.5 Å². The molecule has 1 aliphatic heterocycles. The van der Waals surface area contributed by atoms with Crippen molar-refractivity contribution in [2.75, 3.05) is 5.32 Å². The Bertz CT molecular complexity index is 978. The van der Waals surface area contributed by atoms with Gasteiger partial charge in [-0.3, -0.25) is 0 Å². The lowest BCUT2D eigenvalue weighted by Gasteiger charge is -2.36. The highest BCUT2D eigenvalue weighted by molar-refractivity contribution is 6.04. The SMILES string of the molecule is CC1(c2ccccc2)NC(=O)Nc2c1c(=O)oc1ccccc21. The van der Waals surface area contributed by atoms with Crippen molar-refractivity contribution in [1.82, 2.24) is 5.32 Å². The molecule has 114 valence electrons. The Kier molecular flexibility index (Phi) is 2.78. The van der Waals surface area contributed by atoms with Gasteiger partial charge in [-0.2, -0.15) is 0 Å². The fourth-order valence-electron chi connectivity index (χ4n) is 3.16. The van der Waals surface area contributed by atoms with Crippen molar-refractivity contribution in [3.8, 4) is 0 Å². The van der Waals surface area contributed by atoms with Crippen LogP contribution in [0.4, 0.5) is 10.5 Å². The molecule has 1 aliphatic rings. The molecule has 2 heterocycles. The van der Waals surface area contributed by atoms with E-state index in [4.69, 9.17) is 4.42 Å². The van der Waals surface area contributed by atoms with Gasteiger partial charge in [0.15, 0.2) is 0 Å². The fourth-order valence-corrected chi connectivity index (χ4v) is 3.16. The molecular formula is C18H14N2O3. The van der Waals surface area contributed by atoms with Gasteiger partial charge < -0.3 is 15.1 Å². The van der Waals surface area contributed by atoms with Crippen LogP contribution in [0, 0.1) is 0 Å². The van der Waals surface area contributed by atoms with Crippen LogP contribution < -0.4 is 16.3 Å². The van der Waals surface area contributed by atoms with Crippen LogP contribution in [0.2, 0.25) is 0 Å². The minimum Gasteiger partial charge on any atom is -0.422 e. The minimum absolute atomic E-state index is 0.348. The molecule has 0 saturated heterocycles. The van der Waals surface area contributed by atoms with Crippen LogP contribution >= 0.6 is 0 Å². The number of amides is 2. The minimum atomic E-state index is -0.955. The van der Waals surface area contributed by atoms with Crippen LogP contribution in [0.5, 0.6) is 0 Å². The highest BCUT2D eigenvalue weighted by Crippen LogP contribution is 2.38. The number of fused-ring (bicyclic) bond motifs is 3. The molecule has 0 fully saturated rings. The molecule has 0 aliphatic carbocycles. The summed E-state index contributed by atoms with van der Waals surface area (Å²) in [6.07, 6.45) is 0. The van der Waals surface area contributed by atoms with E-state index in [0.29, 0.717) is 22.2 Å². The summed E-state index contributed by atoms with van der Waals surface area (Å²) in [5, 5.41) is 6.33. The first-order chi connectivity index (χ1) is 11.1. The largest absolute Gasteiger partial charge is 0.422 e. The Morgan fingerprint density at radius 2 is 1.65 bits per heavy atom. The molecule has 5 heteroatoms. The van der Waals surface area contributed by atoms with Crippen LogP contribution in [0.1, 0.15) is 18.1 Å². The monoisotopic (exact) mass is 306 g/mol. The van der Waals surface area contributed by atoms with Gasteiger partial charge in [0.2, 0.25) is 0 Å². The quantitative estimate of drug-likeness (QED) is 0.678. The van der Waals surface area contributed by atoms with E-state index < -0.39 is 11.2 Å². The predicted molar refractivity (Wildman–Crippen MR) is 87.5 cm³/mol. The second-order valence-corrected chi connectivity index (χ2v) is 5.71. The van der Waals surface area contributed by atoms with Crippen LogP contribution in [0.3, 0.4) is 0 Å². The third-order valence-corrected chi connectivity index (χ3v) is 4.27. The van der Waals surface area contributed by atoms with Gasteiger partial charge in [-0.25, -0.2) is 9.59 Å². The zero-order chi connectivity index (χ0) is 16.0. The number of carbonyl (C=O) groups excluding carboxylic acids is 1. The summed E-state index contributed by atoms with van der Waals surface area (Å²) < 4.78 is 5.47. The van der Waals surface area contributed by atoms with Gasteiger partial charge in [0, 0.05) is 5.39 Å². The van der Waals surface area contributed by atoms with E-state index in [0.717, 1.165) is 5.56 Å². The lowest BCUT2D eigenvalue weighted by Crippen LogP contribution is -2.53. The third kappa shape index (κ3) is 1.93. The van der Waals surface area contributed by atoms with Crippen LogP contribution in [-0.2, 0) is 5.54 Å². The fraction of sp³-hybridized carbons (Fsp3) is 0.111. The molecule has 2 N–H and O–H groups in total. The molecular weight excluding hydrogens is 292 g/mol. The van der Waals surface area contributed by atoms with Crippen molar-refractivity contribution in [2.24, 2.45) is 0 Å². The lowest BCUT2D eigenvalue weighted by atomic mass is 9.82. The molecule has 4 rings (SSSR count). The number of nitrogens with one attached hydrogen (secondary N) is 2. The number of benzene rings is 2. The van der Waals surface area contributed by atoms with E-state index in [2.05, 4.69) is 10.6 Å². The van der Waals surface area contributed by atoms with Crippen molar-refractivity contribution in [3.63, 3.8) is 0 Å². The summed E-state index contributed by atoms with van der Waals surface area (Å²) in [6.45, 7) is 1.81. The summed E-state index contributed by atoms with van der Waals surface area (Å²) in [5.74, 6) is 0. The van der Waals surface area contributed by atoms with Gasteiger partial charge >= 0.3 is 11.7 Å².